The Morgan fingerprint density at radius 3 is 2.64 bits per heavy atom. The van der Waals surface area contributed by atoms with E-state index in [2.05, 4.69) is 10.3 Å². The molecule has 0 spiro atoms. The average Bonchev–Trinajstić information content (AvgIpc) is 2.67. The Morgan fingerprint density at radius 1 is 1.11 bits per heavy atom. The number of hydrogen-bond donors (Lipinski definition) is 1. The first-order valence-electron chi connectivity index (χ1n) is 8.39. The zero-order chi connectivity index (χ0) is 20.1. The molecule has 0 aromatic heterocycles. The molecule has 140 valence electrons. The molecule has 6 nitrogen and oxygen atoms in total. The molecule has 3 aromatic carbocycles. The zero-order valence-electron chi connectivity index (χ0n) is 14.9. The van der Waals surface area contributed by atoms with E-state index in [1.807, 2.05) is 25.1 Å². The van der Waals surface area contributed by atoms with Gasteiger partial charge in [-0.3, -0.25) is 19.9 Å². The molecule has 0 unspecified atom stereocenters. The number of aliphatic imine (C=N–C) groups is 1. The van der Waals surface area contributed by atoms with Gasteiger partial charge in [-0.25, -0.2) is 0 Å². The third-order valence-electron chi connectivity index (χ3n) is 4.02. The molecule has 1 N–H and O–H groups in total. The molecule has 0 bridgehead atoms. The fourth-order valence-corrected chi connectivity index (χ4v) is 2.78. The molecule has 0 radical (unpaired) electrons. The van der Waals surface area contributed by atoms with Crippen LogP contribution in [-0.2, 0) is 0 Å². The van der Waals surface area contributed by atoms with Gasteiger partial charge < -0.3 is 5.32 Å². The Balaban J connectivity index is 1.77. The second-order valence-electron chi connectivity index (χ2n) is 6.05. The van der Waals surface area contributed by atoms with E-state index in [-0.39, 0.29) is 16.6 Å². The van der Waals surface area contributed by atoms with Crippen LogP contribution in [0.5, 0.6) is 0 Å². The minimum atomic E-state index is -0.540. The van der Waals surface area contributed by atoms with Gasteiger partial charge in [-0.15, -0.1) is 0 Å². The van der Waals surface area contributed by atoms with Gasteiger partial charge in [-0.05, 0) is 48.4 Å². The van der Waals surface area contributed by atoms with Crippen molar-refractivity contribution in [3.05, 3.63) is 98.6 Å². The first-order chi connectivity index (χ1) is 13.4. The Hall–Kier alpha value is -3.51. The number of halogens is 1. The number of carbonyl (C=O) groups is 1. The van der Waals surface area contributed by atoms with Gasteiger partial charge >= 0.3 is 0 Å². The van der Waals surface area contributed by atoms with Gasteiger partial charge in [0.25, 0.3) is 11.6 Å². The number of nitrogens with zero attached hydrogens (tertiary/aromatic N) is 2. The summed E-state index contributed by atoms with van der Waals surface area (Å²) in [5.41, 5.74) is 3.06. The van der Waals surface area contributed by atoms with Crippen molar-refractivity contribution >= 4 is 40.8 Å². The molecule has 0 fully saturated rings. The summed E-state index contributed by atoms with van der Waals surface area (Å²) in [4.78, 5) is 27.2. The average molecular weight is 394 g/mol. The van der Waals surface area contributed by atoms with E-state index in [1.54, 1.807) is 36.4 Å². The van der Waals surface area contributed by atoms with E-state index in [0.717, 1.165) is 5.56 Å². The van der Waals surface area contributed by atoms with Crippen LogP contribution < -0.4 is 5.32 Å². The second-order valence-corrected chi connectivity index (χ2v) is 6.45. The molecular weight excluding hydrogens is 378 g/mol. The number of aryl methyl sites for hydroxylation is 1. The molecule has 0 aliphatic heterocycles. The van der Waals surface area contributed by atoms with E-state index in [0.29, 0.717) is 22.5 Å². The summed E-state index contributed by atoms with van der Waals surface area (Å²) in [6.07, 6.45) is 1.51. The molecule has 0 heterocycles. The van der Waals surface area contributed by atoms with Gasteiger partial charge in [0.05, 0.1) is 10.6 Å². The second kappa shape index (κ2) is 8.45. The standard InChI is InChI=1S/C21H16ClN3O3/c1-14-5-2-3-8-18(14)21(26)24-17-7-4-6-16(12-17)23-13-15-9-10-19(22)20(11-15)25(27)28/h2-13H,1H3,(H,24,26). The Labute approximate surface area is 166 Å². The maximum atomic E-state index is 12.4. The number of rotatable bonds is 5. The Kier molecular flexibility index (Phi) is 5.81. The highest BCUT2D eigenvalue weighted by Gasteiger charge is 2.12. The van der Waals surface area contributed by atoms with E-state index >= 15 is 0 Å². The number of carbonyl (C=O) groups excluding carboxylic acids is 1. The first-order valence-corrected chi connectivity index (χ1v) is 8.77. The predicted molar refractivity (Wildman–Crippen MR) is 111 cm³/mol. The minimum absolute atomic E-state index is 0.0723. The van der Waals surface area contributed by atoms with Crippen LogP contribution in [0, 0.1) is 17.0 Å². The van der Waals surface area contributed by atoms with Gasteiger partial charge in [0.15, 0.2) is 0 Å². The molecule has 3 aromatic rings. The fourth-order valence-electron chi connectivity index (χ4n) is 2.59. The Bertz CT molecular complexity index is 1080. The molecule has 0 saturated heterocycles. The maximum absolute atomic E-state index is 12.4. The van der Waals surface area contributed by atoms with E-state index < -0.39 is 4.92 Å². The molecule has 0 saturated carbocycles. The molecule has 1 amide bonds. The smallest absolute Gasteiger partial charge is 0.288 e. The van der Waals surface area contributed by atoms with Crippen LogP contribution in [0.3, 0.4) is 0 Å². The normalized spacial score (nSPS) is 10.8. The highest BCUT2D eigenvalue weighted by molar-refractivity contribution is 6.32. The number of hydrogen-bond acceptors (Lipinski definition) is 4. The summed E-state index contributed by atoms with van der Waals surface area (Å²) >= 11 is 5.81. The summed E-state index contributed by atoms with van der Waals surface area (Å²) < 4.78 is 0. The lowest BCUT2D eigenvalue weighted by atomic mass is 10.1. The van der Waals surface area contributed by atoms with Crippen molar-refractivity contribution in [3.63, 3.8) is 0 Å². The predicted octanol–water partition coefficient (Wildman–Crippen LogP) is 5.56. The Morgan fingerprint density at radius 2 is 1.89 bits per heavy atom. The van der Waals surface area contributed by atoms with Crippen molar-refractivity contribution in [2.24, 2.45) is 4.99 Å². The van der Waals surface area contributed by atoms with Crippen molar-refractivity contribution in [1.82, 2.24) is 0 Å². The molecule has 3 rings (SSSR count). The summed E-state index contributed by atoms with van der Waals surface area (Å²) in [6.45, 7) is 1.88. The zero-order valence-corrected chi connectivity index (χ0v) is 15.7. The number of nitro benzene ring substituents is 1. The lowest BCUT2D eigenvalue weighted by molar-refractivity contribution is -0.384. The molecule has 0 aliphatic carbocycles. The SMILES string of the molecule is Cc1ccccc1C(=O)Nc1cccc(N=Cc2ccc(Cl)c([N+](=O)[O-])c2)c1. The molecular formula is C21H16ClN3O3. The van der Waals surface area contributed by atoms with Crippen LogP contribution in [0.4, 0.5) is 17.1 Å². The van der Waals surface area contributed by atoms with Gasteiger partial charge in [-0.2, -0.15) is 0 Å². The number of anilines is 1. The maximum Gasteiger partial charge on any atom is 0.288 e. The van der Waals surface area contributed by atoms with E-state index in [9.17, 15) is 14.9 Å². The summed E-state index contributed by atoms with van der Waals surface area (Å²) in [5, 5.41) is 13.9. The van der Waals surface area contributed by atoms with Crippen LogP contribution in [-0.4, -0.2) is 17.0 Å². The number of nitrogens with one attached hydrogen (secondary N) is 1. The quantitative estimate of drug-likeness (QED) is 0.350. The molecule has 28 heavy (non-hydrogen) atoms. The van der Waals surface area contributed by atoms with Gasteiger partial charge in [-0.1, -0.05) is 41.9 Å². The van der Waals surface area contributed by atoms with Crippen LogP contribution in [0.15, 0.2) is 71.7 Å². The van der Waals surface area contributed by atoms with Crippen LogP contribution >= 0.6 is 11.6 Å². The van der Waals surface area contributed by atoms with Crippen molar-refractivity contribution in [3.8, 4) is 0 Å². The lowest BCUT2D eigenvalue weighted by Gasteiger charge is -2.08. The van der Waals surface area contributed by atoms with E-state index in [4.69, 9.17) is 11.6 Å². The summed E-state index contributed by atoms with van der Waals surface area (Å²) in [6, 6.07) is 18.8. The van der Waals surface area contributed by atoms with E-state index in [1.165, 1.54) is 18.3 Å². The summed E-state index contributed by atoms with van der Waals surface area (Å²) in [5.74, 6) is -0.201. The third-order valence-corrected chi connectivity index (χ3v) is 4.34. The van der Waals surface area contributed by atoms with Gasteiger partial charge in [0.1, 0.15) is 5.02 Å². The van der Waals surface area contributed by atoms with Gasteiger partial charge in [0.2, 0.25) is 0 Å². The summed E-state index contributed by atoms with van der Waals surface area (Å²) in [7, 11) is 0. The highest BCUT2D eigenvalue weighted by Crippen LogP contribution is 2.25. The van der Waals surface area contributed by atoms with Crippen molar-refractivity contribution in [2.75, 3.05) is 5.32 Å². The first kappa shape index (κ1) is 19.3. The minimum Gasteiger partial charge on any atom is -0.322 e. The van der Waals surface area contributed by atoms with Crippen molar-refractivity contribution in [2.45, 2.75) is 6.92 Å². The molecule has 7 heteroatoms. The van der Waals surface area contributed by atoms with Crippen molar-refractivity contribution < 1.29 is 9.72 Å². The largest absolute Gasteiger partial charge is 0.322 e. The lowest BCUT2D eigenvalue weighted by Crippen LogP contribution is -2.13. The molecule has 0 aliphatic rings. The van der Waals surface area contributed by atoms with Crippen LogP contribution in [0.25, 0.3) is 0 Å². The van der Waals surface area contributed by atoms with Crippen molar-refractivity contribution in [1.29, 1.82) is 0 Å². The van der Waals surface area contributed by atoms with Gasteiger partial charge in [0, 0.05) is 23.5 Å². The van der Waals surface area contributed by atoms with Crippen LogP contribution in [0.2, 0.25) is 5.02 Å². The monoisotopic (exact) mass is 393 g/mol. The number of nitro groups is 1. The number of benzene rings is 3. The third kappa shape index (κ3) is 4.61. The fraction of sp³-hybridized carbons (Fsp3) is 0.0476. The van der Waals surface area contributed by atoms with Crippen LogP contribution in [0.1, 0.15) is 21.5 Å². The number of amides is 1. The highest BCUT2D eigenvalue weighted by atomic mass is 35.5. The molecule has 0 atom stereocenters. The topological polar surface area (TPSA) is 84.6 Å².